The zero-order valence-electron chi connectivity index (χ0n) is 9.25. The molecule has 0 aromatic rings. The molecule has 0 spiro atoms. The Labute approximate surface area is 105 Å². The van der Waals surface area contributed by atoms with Crippen LogP contribution in [-0.4, -0.2) is 72.1 Å². The number of hydrogen-bond donors (Lipinski definition) is 2. The van der Waals surface area contributed by atoms with Gasteiger partial charge < -0.3 is 15.1 Å². The molecule has 2 atom stereocenters. The summed E-state index contributed by atoms with van der Waals surface area (Å²) in [6.07, 6.45) is -0.728. The minimum absolute atomic E-state index is 0.0406. The van der Waals surface area contributed by atoms with Gasteiger partial charge in [0.05, 0.1) is 24.2 Å². The number of carbonyl (C=O) groups excluding carboxylic acids is 1. The smallest absolute Gasteiger partial charge is 0.237 e. The number of alkyl halides is 1. The highest BCUT2D eigenvalue weighted by atomic mass is 35.5. The van der Waals surface area contributed by atoms with Gasteiger partial charge in [-0.05, 0) is 6.42 Å². The molecule has 1 aliphatic heterocycles. The maximum atomic E-state index is 11.6. The van der Waals surface area contributed by atoms with E-state index in [1.165, 1.54) is 4.90 Å². The van der Waals surface area contributed by atoms with Gasteiger partial charge in [-0.1, -0.05) is 0 Å². The Hall–Kier alpha value is -0.370. The summed E-state index contributed by atoms with van der Waals surface area (Å²) in [5, 5.41) is 18.1. The summed E-state index contributed by atoms with van der Waals surface area (Å²) < 4.78 is 22.7. The van der Waals surface area contributed by atoms with Crippen molar-refractivity contribution in [2.75, 3.05) is 30.5 Å². The molecule has 1 fully saturated rings. The second-order valence-electron chi connectivity index (χ2n) is 4.07. The van der Waals surface area contributed by atoms with Crippen molar-refractivity contribution in [1.29, 1.82) is 0 Å². The summed E-state index contributed by atoms with van der Waals surface area (Å²) in [5.41, 5.74) is 0. The van der Waals surface area contributed by atoms with Crippen molar-refractivity contribution in [2.45, 2.75) is 18.6 Å². The lowest BCUT2D eigenvalue weighted by Gasteiger charge is -2.29. The summed E-state index contributed by atoms with van der Waals surface area (Å²) in [4.78, 5) is 12.8. The molecule has 6 nitrogen and oxygen atoms in total. The quantitative estimate of drug-likeness (QED) is 0.606. The molecule has 1 rings (SSSR count). The molecular formula is C9H16ClNO5S. The number of aliphatic hydroxyl groups excluding tert-OH is 2. The van der Waals surface area contributed by atoms with Crippen LogP contribution in [-0.2, 0) is 14.6 Å². The van der Waals surface area contributed by atoms with Gasteiger partial charge in [0.1, 0.15) is 5.88 Å². The molecule has 1 heterocycles. The van der Waals surface area contributed by atoms with E-state index in [4.69, 9.17) is 16.7 Å². The SMILES string of the molecule is O=C(CCl)N(C[C@@H](O)CO)[C@H]1CCS(=O)(=O)C1. The van der Waals surface area contributed by atoms with E-state index >= 15 is 0 Å². The summed E-state index contributed by atoms with van der Waals surface area (Å²) in [7, 11) is -3.11. The lowest BCUT2D eigenvalue weighted by Crippen LogP contribution is -2.46. The molecule has 0 bridgehead atoms. The second kappa shape index (κ2) is 5.99. The van der Waals surface area contributed by atoms with Crippen LogP contribution in [0, 0.1) is 0 Å². The van der Waals surface area contributed by atoms with Crippen molar-refractivity contribution >= 4 is 27.3 Å². The zero-order chi connectivity index (χ0) is 13.1. The highest BCUT2D eigenvalue weighted by molar-refractivity contribution is 7.91. The first-order valence-corrected chi connectivity index (χ1v) is 7.60. The highest BCUT2D eigenvalue weighted by Crippen LogP contribution is 2.18. The second-order valence-corrected chi connectivity index (χ2v) is 6.57. The molecule has 0 saturated carbocycles. The molecule has 0 aliphatic carbocycles. The third-order valence-corrected chi connectivity index (χ3v) is 4.68. The van der Waals surface area contributed by atoms with Crippen molar-refractivity contribution in [3.05, 3.63) is 0 Å². The molecule has 1 aliphatic rings. The predicted molar refractivity (Wildman–Crippen MR) is 62.6 cm³/mol. The summed E-state index contributed by atoms with van der Waals surface area (Å²) in [6.45, 7) is -0.576. The summed E-state index contributed by atoms with van der Waals surface area (Å²) >= 11 is 5.44. The monoisotopic (exact) mass is 285 g/mol. The molecule has 17 heavy (non-hydrogen) atoms. The Bertz CT molecular complexity index is 372. The number of halogens is 1. The fourth-order valence-corrected chi connectivity index (χ4v) is 3.72. The lowest BCUT2D eigenvalue weighted by atomic mass is 10.2. The maximum Gasteiger partial charge on any atom is 0.237 e. The van der Waals surface area contributed by atoms with Gasteiger partial charge in [-0.25, -0.2) is 8.42 Å². The minimum atomic E-state index is -3.11. The third-order valence-electron chi connectivity index (χ3n) is 2.70. The molecule has 1 amide bonds. The Morgan fingerprint density at radius 2 is 2.18 bits per heavy atom. The molecule has 100 valence electrons. The third kappa shape index (κ3) is 4.09. The standard InChI is InChI=1S/C9H16ClNO5S/c10-3-9(14)11(4-8(13)5-12)7-1-2-17(15,16)6-7/h7-8,12-13H,1-6H2/t7-,8+/m0/s1. The molecule has 8 heteroatoms. The van der Waals surface area contributed by atoms with E-state index in [0.717, 1.165) is 0 Å². The Morgan fingerprint density at radius 1 is 1.53 bits per heavy atom. The van der Waals surface area contributed by atoms with E-state index in [-0.39, 0.29) is 23.9 Å². The molecular weight excluding hydrogens is 270 g/mol. The van der Waals surface area contributed by atoms with Crippen LogP contribution in [0.25, 0.3) is 0 Å². The number of amides is 1. The van der Waals surface area contributed by atoms with Gasteiger partial charge in [-0.3, -0.25) is 4.79 Å². The minimum Gasteiger partial charge on any atom is -0.394 e. The van der Waals surface area contributed by atoms with E-state index in [2.05, 4.69) is 0 Å². The van der Waals surface area contributed by atoms with Crippen LogP contribution in [0.5, 0.6) is 0 Å². The van der Waals surface area contributed by atoms with Crippen molar-refractivity contribution in [3.8, 4) is 0 Å². The van der Waals surface area contributed by atoms with Crippen LogP contribution < -0.4 is 0 Å². The van der Waals surface area contributed by atoms with Gasteiger partial charge in [-0.2, -0.15) is 0 Å². The lowest BCUT2D eigenvalue weighted by molar-refractivity contribution is -0.132. The van der Waals surface area contributed by atoms with Gasteiger partial charge in [0, 0.05) is 12.6 Å². The molecule has 0 radical (unpaired) electrons. The van der Waals surface area contributed by atoms with E-state index in [9.17, 15) is 18.3 Å². The van der Waals surface area contributed by atoms with Crippen LogP contribution in [0.4, 0.5) is 0 Å². The van der Waals surface area contributed by atoms with Crippen molar-refractivity contribution in [1.82, 2.24) is 4.90 Å². The molecule has 1 saturated heterocycles. The van der Waals surface area contributed by atoms with Crippen molar-refractivity contribution in [3.63, 3.8) is 0 Å². The highest BCUT2D eigenvalue weighted by Gasteiger charge is 2.35. The number of carbonyl (C=O) groups is 1. The number of sulfone groups is 1. The van der Waals surface area contributed by atoms with E-state index in [1.54, 1.807) is 0 Å². The van der Waals surface area contributed by atoms with Crippen LogP contribution >= 0.6 is 11.6 Å². The van der Waals surface area contributed by atoms with E-state index in [0.29, 0.717) is 6.42 Å². The fraction of sp³-hybridized carbons (Fsp3) is 0.889. The van der Waals surface area contributed by atoms with Gasteiger partial charge in [-0.15, -0.1) is 11.6 Å². The molecule has 0 aromatic carbocycles. The van der Waals surface area contributed by atoms with Crippen LogP contribution in [0.15, 0.2) is 0 Å². The molecule has 0 aromatic heterocycles. The Balaban J connectivity index is 2.74. The van der Waals surface area contributed by atoms with Crippen molar-refractivity contribution in [2.24, 2.45) is 0 Å². The molecule has 2 N–H and O–H groups in total. The zero-order valence-corrected chi connectivity index (χ0v) is 10.8. The Kier molecular flexibility index (Phi) is 5.18. The average molecular weight is 286 g/mol. The van der Waals surface area contributed by atoms with Gasteiger partial charge in [0.25, 0.3) is 0 Å². The van der Waals surface area contributed by atoms with E-state index < -0.39 is 34.5 Å². The first-order valence-electron chi connectivity index (χ1n) is 5.24. The largest absolute Gasteiger partial charge is 0.394 e. The van der Waals surface area contributed by atoms with Gasteiger partial charge in [0.2, 0.25) is 5.91 Å². The van der Waals surface area contributed by atoms with E-state index in [1.807, 2.05) is 0 Å². The van der Waals surface area contributed by atoms with Gasteiger partial charge >= 0.3 is 0 Å². The molecule has 0 unspecified atom stereocenters. The summed E-state index contributed by atoms with van der Waals surface area (Å²) in [6, 6.07) is -0.451. The first-order chi connectivity index (χ1) is 7.89. The van der Waals surface area contributed by atoms with Crippen LogP contribution in [0.1, 0.15) is 6.42 Å². The Morgan fingerprint density at radius 3 is 2.59 bits per heavy atom. The first kappa shape index (κ1) is 14.7. The predicted octanol–water partition coefficient (Wildman–Crippen LogP) is -1.41. The summed E-state index contributed by atoms with van der Waals surface area (Å²) in [5.74, 6) is -0.761. The number of rotatable bonds is 5. The average Bonchev–Trinajstić information content (AvgIpc) is 2.64. The normalized spacial score (nSPS) is 24.5. The van der Waals surface area contributed by atoms with Crippen LogP contribution in [0.2, 0.25) is 0 Å². The van der Waals surface area contributed by atoms with Gasteiger partial charge in [0.15, 0.2) is 9.84 Å². The van der Waals surface area contributed by atoms with Crippen molar-refractivity contribution < 1.29 is 23.4 Å². The van der Waals surface area contributed by atoms with Crippen LogP contribution in [0.3, 0.4) is 0 Å². The number of nitrogens with zero attached hydrogens (tertiary/aromatic N) is 1. The number of aliphatic hydroxyl groups is 2. The maximum absolute atomic E-state index is 11.6. The number of hydrogen-bond acceptors (Lipinski definition) is 5. The fourth-order valence-electron chi connectivity index (χ4n) is 1.84. The topological polar surface area (TPSA) is 94.9 Å².